The second-order valence-electron chi connectivity index (χ2n) is 4.12. The van der Waals surface area contributed by atoms with Gasteiger partial charge in [-0.25, -0.2) is 0 Å². The summed E-state index contributed by atoms with van der Waals surface area (Å²) in [6, 6.07) is 19.0. The molecule has 2 heteroatoms. The van der Waals surface area contributed by atoms with Crippen molar-refractivity contribution >= 4 is 11.8 Å². The van der Waals surface area contributed by atoms with Crippen molar-refractivity contribution in [2.24, 2.45) is 0 Å². The Labute approximate surface area is 105 Å². The first-order chi connectivity index (χ1) is 8.38. The van der Waals surface area contributed by atoms with Crippen molar-refractivity contribution in [1.82, 2.24) is 0 Å². The van der Waals surface area contributed by atoms with Crippen LogP contribution >= 0.6 is 11.8 Å². The Kier molecular flexibility index (Phi) is 2.62. The molecule has 0 amide bonds. The molecule has 1 nitrogen and oxygen atoms in total. The van der Waals surface area contributed by atoms with Crippen molar-refractivity contribution in [2.45, 2.75) is 22.1 Å². The zero-order valence-corrected chi connectivity index (χ0v) is 10.1. The molecule has 1 unspecified atom stereocenters. The molecule has 0 radical (unpaired) electrons. The number of rotatable bonds is 2. The first kappa shape index (κ1) is 10.4. The fraction of sp³-hybridized carbons (Fsp3) is 0.133. The molecule has 0 spiro atoms. The topological polar surface area (TPSA) is 23.8 Å². The zero-order valence-electron chi connectivity index (χ0n) is 9.26. The van der Waals surface area contributed by atoms with Gasteiger partial charge in [-0.15, -0.1) is 0 Å². The molecule has 0 aliphatic heterocycles. The van der Waals surface area contributed by atoms with Crippen molar-refractivity contribution < 1.29 is 0 Å². The Morgan fingerprint density at radius 1 is 1.06 bits per heavy atom. The molecule has 1 aliphatic carbocycles. The summed E-state index contributed by atoms with van der Waals surface area (Å²) in [7, 11) is 0. The molecule has 1 aliphatic rings. The summed E-state index contributed by atoms with van der Waals surface area (Å²) in [6.45, 7) is 0. The second kappa shape index (κ2) is 4.27. The van der Waals surface area contributed by atoms with Gasteiger partial charge in [0.1, 0.15) is 0 Å². The molecule has 0 aromatic heterocycles. The molecular formula is C15H11NS. The van der Waals surface area contributed by atoms with Crippen LogP contribution < -0.4 is 0 Å². The molecule has 1 atom stereocenters. The van der Waals surface area contributed by atoms with E-state index >= 15 is 0 Å². The lowest BCUT2D eigenvalue weighted by Gasteiger charge is -2.27. The van der Waals surface area contributed by atoms with Gasteiger partial charge >= 0.3 is 0 Å². The van der Waals surface area contributed by atoms with E-state index in [1.165, 1.54) is 20.9 Å². The van der Waals surface area contributed by atoms with Gasteiger partial charge in [-0.1, -0.05) is 42.1 Å². The highest BCUT2D eigenvalue weighted by atomic mass is 32.2. The summed E-state index contributed by atoms with van der Waals surface area (Å²) in [4.78, 5) is 2.54. The van der Waals surface area contributed by atoms with E-state index in [4.69, 9.17) is 5.26 Å². The fourth-order valence-electron chi connectivity index (χ4n) is 2.14. The van der Waals surface area contributed by atoms with Crippen LogP contribution in [0.3, 0.4) is 0 Å². The summed E-state index contributed by atoms with van der Waals surface area (Å²) < 4.78 is 0. The van der Waals surface area contributed by atoms with E-state index in [9.17, 15) is 0 Å². The van der Waals surface area contributed by atoms with E-state index < -0.39 is 0 Å². The molecule has 2 aromatic carbocycles. The highest BCUT2D eigenvalue weighted by molar-refractivity contribution is 7.99. The molecule has 0 N–H and O–H groups in total. The minimum atomic E-state index is 0.112. The van der Waals surface area contributed by atoms with Gasteiger partial charge in [-0.05, 0) is 35.7 Å². The molecular weight excluding hydrogens is 226 g/mol. The zero-order chi connectivity index (χ0) is 11.7. The minimum Gasteiger partial charge on any atom is -0.198 e. The maximum absolute atomic E-state index is 8.96. The molecule has 82 valence electrons. The number of benzene rings is 2. The third-order valence-corrected chi connectivity index (χ3v) is 4.19. The smallest absolute Gasteiger partial charge is 0.0756 e. The summed E-state index contributed by atoms with van der Waals surface area (Å²) >= 11 is 1.78. The Morgan fingerprint density at radius 3 is 2.65 bits per heavy atom. The largest absolute Gasteiger partial charge is 0.198 e. The summed E-state index contributed by atoms with van der Waals surface area (Å²) in [5.41, 5.74) is 2.57. The van der Waals surface area contributed by atoms with E-state index in [-0.39, 0.29) is 5.92 Å². The van der Waals surface area contributed by atoms with Gasteiger partial charge in [-0.3, -0.25) is 0 Å². The SMILES string of the molecule is N#CC1Cc2c(Sc3ccccc3)cccc21. The number of nitriles is 1. The maximum atomic E-state index is 8.96. The van der Waals surface area contributed by atoms with E-state index in [0.29, 0.717) is 0 Å². The highest BCUT2D eigenvalue weighted by Gasteiger charge is 2.28. The summed E-state index contributed by atoms with van der Waals surface area (Å²) in [5, 5.41) is 8.96. The lowest BCUT2D eigenvalue weighted by atomic mass is 9.78. The summed E-state index contributed by atoms with van der Waals surface area (Å²) in [5.74, 6) is 0.112. The van der Waals surface area contributed by atoms with Gasteiger partial charge < -0.3 is 0 Å². The van der Waals surface area contributed by atoms with E-state index in [2.05, 4.69) is 42.5 Å². The van der Waals surface area contributed by atoms with Crippen LogP contribution in [0.15, 0.2) is 58.3 Å². The third kappa shape index (κ3) is 1.83. The molecule has 0 heterocycles. The third-order valence-electron chi connectivity index (χ3n) is 3.08. The van der Waals surface area contributed by atoms with E-state index in [1.807, 2.05) is 12.1 Å². The van der Waals surface area contributed by atoms with Crippen molar-refractivity contribution in [3.63, 3.8) is 0 Å². The van der Waals surface area contributed by atoms with Crippen LogP contribution in [0.4, 0.5) is 0 Å². The Hall–Kier alpha value is -1.72. The Bertz CT molecular complexity index is 584. The molecule has 17 heavy (non-hydrogen) atoms. The molecule has 0 saturated carbocycles. The Morgan fingerprint density at radius 2 is 1.88 bits per heavy atom. The van der Waals surface area contributed by atoms with Crippen LogP contribution in [-0.2, 0) is 6.42 Å². The first-order valence-electron chi connectivity index (χ1n) is 5.63. The van der Waals surface area contributed by atoms with Crippen molar-refractivity contribution in [2.75, 3.05) is 0 Å². The maximum Gasteiger partial charge on any atom is 0.0756 e. The van der Waals surface area contributed by atoms with Crippen LogP contribution in [0, 0.1) is 11.3 Å². The highest BCUT2D eigenvalue weighted by Crippen LogP contribution is 2.42. The monoisotopic (exact) mass is 237 g/mol. The van der Waals surface area contributed by atoms with Crippen molar-refractivity contribution in [3.8, 4) is 6.07 Å². The van der Waals surface area contributed by atoms with Gasteiger partial charge in [0.15, 0.2) is 0 Å². The van der Waals surface area contributed by atoms with E-state index in [1.54, 1.807) is 11.8 Å². The van der Waals surface area contributed by atoms with Crippen LogP contribution in [0.2, 0.25) is 0 Å². The van der Waals surface area contributed by atoms with Gasteiger partial charge in [0, 0.05) is 9.79 Å². The average Bonchev–Trinajstić information content (AvgIpc) is 2.34. The van der Waals surface area contributed by atoms with Gasteiger partial charge in [0.2, 0.25) is 0 Å². The van der Waals surface area contributed by atoms with Crippen LogP contribution in [0.25, 0.3) is 0 Å². The normalized spacial score (nSPS) is 16.8. The molecule has 3 rings (SSSR count). The number of hydrogen-bond acceptors (Lipinski definition) is 2. The molecule has 0 saturated heterocycles. The lowest BCUT2D eigenvalue weighted by molar-refractivity contribution is 0.724. The number of fused-ring (bicyclic) bond motifs is 1. The van der Waals surface area contributed by atoms with Crippen LogP contribution in [0.5, 0.6) is 0 Å². The molecule has 0 bridgehead atoms. The van der Waals surface area contributed by atoms with Crippen molar-refractivity contribution in [1.29, 1.82) is 5.26 Å². The quantitative estimate of drug-likeness (QED) is 0.788. The van der Waals surface area contributed by atoms with Crippen molar-refractivity contribution in [3.05, 3.63) is 59.7 Å². The Balaban J connectivity index is 1.91. The number of nitrogens with zero attached hydrogens (tertiary/aromatic N) is 1. The van der Waals surface area contributed by atoms with Gasteiger partial charge in [0.05, 0.1) is 12.0 Å². The predicted octanol–water partition coefficient (Wildman–Crippen LogP) is 4.00. The first-order valence-corrected chi connectivity index (χ1v) is 6.44. The average molecular weight is 237 g/mol. The predicted molar refractivity (Wildman–Crippen MR) is 69.1 cm³/mol. The van der Waals surface area contributed by atoms with Gasteiger partial charge in [0.25, 0.3) is 0 Å². The van der Waals surface area contributed by atoms with Crippen LogP contribution in [-0.4, -0.2) is 0 Å². The number of hydrogen-bond donors (Lipinski definition) is 0. The fourth-order valence-corrected chi connectivity index (χ4v) is 3.15. The van der Waals surface area contributed by atoms with E-state index in [0.717, 1.165) is 6.42 Å². The van der Waals surface area contributed by atoms with Crippen LogP contribution in [0.1, 0.15) is 17.0 Å². The lowest BCUT2D eigenvalue weighted by Crippen LogP contribution is -2.16. The summed E-state index contributed by atoms with van der Waals surface area (Å²) in [6.07, 6.45) is 0.905. The van der Waals surface area contributed by atoms with Gasteiger partial charge in [-0.2, -0.15) is 5.26 Å². The molecule has 0 fully saturated rings. The molecule has 2 aromatic rings. The minimum absolute atomic E-state index is 0.112. The standard InChI is InChI=1S/C15H11NS/c16-10-11-9-14-13(11)7-4-8-15(14)17-12-5-2-1-3-6-12/h1-8,11H,9H2. The second-order valence-corrected chi connectivity index (χ2v) is 5.24.